The highest BCUT2D eigenvalue weighted by atomic mass is 35.5. The molecule has 4 rings (SSSR count). The molecule has 10 nitrogen and oxygen atoms in total. The van der Waals surface area contributed by atoms with Gasteiger partial charge in [0.1, 0.15) is 6.54 Å². The number of rotatable bonds is 7. The lowest BCUT2D eigenvalue weighted by atomic mass is 10.2. The Morgan fingerprint density at radius 1 is 1.00 bits per heavy atom. The molecule has 0 fully saturated rings. The second-order valence-electron chi connectivity index (χ2n) is 7.42. The highest BCUT2D eigenvalue weighted by Gasteiger charge is 2.28. The van der Waals surface area contributed by atoms with E-state index in [1.54, 1.807) is 22.9 Å². The van der Waals surface area contributed by atoms with Gasteiger partial charge in [-0.2, -0.15) is 0 Å². The van der Waals surface area contributed by atoms with E-state index in [-0.39, 0.29) is 25.7 Å². The van der Waals surface area contributed by atoms with Gasteiger partial charge in [-0.15, -0.1) is 0 Å². The minimum absolute atomic E-state index is 0.0851. The van der Waals surface area contributed by atoms with E-state index in [4.69, 9.17) is 23.2 Å². The van der Waals surface area contributed by atoms with Crippen LogP contribution in [0.1, 0.15) is 0 Å². The van der Waals surface area contributed by atoms with Crippen LogP contribution in [-0.4, -0.2) is 55.2 Å². The van der Waals surface area contributed by atoms with E-state index in [0.29, 0.717) is 16.7 Å². The Morgan fingerprint density at radius 3 is 2.26 bits per heavy atom. The van der Waals surface area contributed by atoms with Gasteiger partial charge in [-0.05, 0) is 42.5 Å². The summed E-state index contributed by atoms with van der Waals surface area (Å²) in [7, 11) is -7.84. The zero-order valence-electron chi connectivity index (χ0n) is 17.8. The third-order valence-corrected chi connectivity index (χ3v) is 8.06. The summed E-state index contributed by atoms with van der Waals surface area (Å²) in [6, 6.07) is 9.96. The van der Waals surface area contributed by atoms with Gasteiger partial charge in [-0.1, -0.05) is 23.2 Å². The number of anilines is 1. The lowest BCUT2D eigenvalue weighted by Crippen LogP contribution is -2.35. The second kappa shape index (κ2) is 9.11. The zero-order chi connectivity index (χ0) is 25.5. The molecule has 14 heteroatoms. The van der Waals surface area contributed by atoms with E-state index in [2.05, 4.69) is 9.97 Å². The maximum absolute atomic E-state index is 13.3. The van der Waals surface area contributed by atoms with Gasteiger partial charge in [-0.3, -0.25) is 13.7 Å². The molecule has 2 heterocycles. The Balaban J connectivity index is 1.78. The smallest absolute Gasteiger partial charge is 0.324 e. The number of fused-ring (bicyclic) bond motifs is 1. The first-order valence-corrected chi connectivity index (χ1v) is 13.8. The number of carbonyl (C=O) groups is 1. The van der Waals surface area contributed by atoms with Gasteiger partial charge < -0.3 is 5.11 Å². The number of benzene rings is 2. The third kappa shape index (κ3) is 5.10. The van der Waals surface area contributed by atoms with E-state index >= 15 is 0 Å². The summed E-state index contributed by atoms with van der Waals surface area (Å²) in [5, 5.41) is 9.96. The van der Waals surface area contributed by atoms with Crippen LogP contribution in [0.25, 0.3) is 16.7 Å². The minimum atomic E-state index is -4.33. The van der Waals surface area contributed by atoms with Gasteiger partial charge in [0.25, 0.3) is 10.0 Å². The topological polar surface area (TPSA) is 140 Å². The summed E-state index contributed by atoms with van der Waals surface area (Å²) in [5.74, 6) is -1.02. The summed E-state index contributed by atoms with van der Waals surface area (Å²) in [6.07, 6.45) is 5.11. The van der Waals surface area contributed by atoms with Crippen molar-refractivity contribution in [3.8, 4) is 5.82 Å². The number of aromatic nitrogens is 3. The summed E-state index contributed by atoms with van der Waals surface area (Å²) in [5.41, 5.74) is 0.709. The number of nitrogens with zero attached hydrogens (tertiary/aromatic N) is 4. The standard InChI is InChI=1S/C21H16Cl2N4O6S2/c1-34(30,31)20-11-24-19(10-25-20)26-5-4-13-6-16(2-3-18(13)26)27(12-21(28)29)35(32,33)17-8-14(22)7-15(23)9-17/h2-11H,12H2,1H3,(H,28,29). The molecule has 182 valence electrons. The average molecular weight is 555 g/mol. The molecule has 0 radical (unpaired) electrons. The van der Waals surface area contributed by atoms with Gasteiger partial charge in [-0.25, -0.2) is 26.8 Å². The summed E-state index contributed by atoms with van der Waals surface area (Å²) < 4.78 is 52.3. The SMILES string of the molecule is CS(=O)(=O)c1cnc(-n2ccc3cc(N(CC(=O)O)S(=O)(=O)c4cc(Cl)cc(Cl)c4)ccc32)cn1. The summed E-state index contributed by atoms with van der Waals surface area (Å²) >= 11 is 11.9. The normalized spacial score (nSPS) is 12.1. The van der Waals surface area contributed by atoms with Gasteiger partial charge in [0, 0.05) is 27.9 Å². The van der Waals surface area contributed by atoms with Crippen LogP contribution in [-0.2, 0) is 24.7 Å². The van der Waals surface area contributed by atoms with Gasteiger partial charge >= 0.3 is 5.97 Å². The van der Waals surface area contributed by atoms with Crippen molar-refractivity contribution in [3.05, 3.63) is 71.1 Å². The van der Waals surface area contributed by atoms with E-state index < -0.39 is 32.4 Å². The summed E-state index contributed by atoms with van der Waals surface area (Å²) in [4.78, 5) is 19.3. The van der Waals surface area contributed by atoms with Crippen LogP contribution in [0.4, 0.5) is 5.69 Å². The molecule has 0 saturated carbocycles. The van der Waals surface area contributed by atoms with Crippen molar-refractivity contribution < 1.29 is 26.7 Å². The molecule has 0 amide bonds. The molecule has 0 bridgehead atoms. The van der Waals surface area contributed by atoms with Crippen LogP contribution in [0.2, 0.25) is 10.0 Å². The molecular weight excluding hydrogens is 539 g/mol. The van der Waals surface area contributed by atoms with Crippen LogP contribution >= 0.6 is 23.2 Å². The van der Waals surface area contributed by atoms with E-state index in [1.807, 2.05) is 0 Å². The molecule has 0 atom stereocenters. The zero-order valence-corrected chi connectivity index (χ0v) is 21.0. The molecule has 0 aliphatic carbocycles. The number of sulfone groups is 1. The van der Waals surface area contributed by atoms with Crippen molar-refractivity contribution in [3.63, 3.8) is 0 Å². The highest BCUT2D eigenvalue weighted by molar-refractivity contribution is 7.93. The number of carboxylic acid groups (broad SMARTS) is 1. The molecule has 1 N–H and O–H groups in total. The minimum Gasteiger partial charge on any atom is -0.480 e. The molecule has 0 aliphatic heterocycles. The maximum Gasteiger partial charge on any atom is 0.324 e. The second-order valence-corrected chi connectivity index (χ2v) is 12.1. The van der Waals surface area contributed by atoms with E-state index in [1.165, 1.54) is 36.5 Å². The largest absolute Gasteiger partial charge is 0.480 e. The number of aliphatic carboxylic acids is 1. The molecule has 35 heavy (non-hydrogen) atoms. The number of hydrogen-bond acceptors (Lipinski definition) is 7. The first-order valence-electron chi connectivity index (χ1n) is 9.70. The molecule has 4 aromatic rings. The van der Waals surface area contributed by atoms with Crippen LogP contribution in [0.3, 0.4) is 0 Å². The third-order valence-electron chi connectivity index (χ3n) is 4.91. The van der Waals surface area contributed by atoms with Crippen molar-refractivity contribution >= 4 is 65.6 Å². The van der Waals surface area contributed by atoms with Crippen LogP contribution in [0.5, 0.6) is 0 Å². The fourth-order valence-electron chi connectivity index (χ4n) is 3.35. The van der Waals surface area contributed by atoms with Crippen LogP contribution < -0.4 is 4.31 Å². The van der Waals surface area contributed by atoms with Crippen LogP contribution in [0, 0.1) is 0 Å². The molecule has 0 unspecified atom stereocenters. The molecule has 2 aromatic heterocycles. The first kappa shape index (κ1) is 24.9. The predicted molar refractivity (Wildman–Crippen MR) is 131 cm³/mol. The van der Waals surface area contributed by atoms with Crippen molar-refractivity contribution in [1.29, 1.82) is 0 Å². The number of hydrogen-bond donors (Lipinski definition) is 1. The lowest BCUT2D eigenvalue weighted by Gasteiger charge is -2.23. The van der Waals surface area contributed by atoms with Crippen LogP contribution in [0.15, 0.2) is 71.0 Å². The van der Waals surface area contributed by atoms with Gasteiger partial charge in [0.2, 0.25) is 0 Å². The Hall–Kier alpha value is -3.19. The predicted octanol–water partition coefficient (Wildman–Crippen LogP) is 3.41. The molecular formula is C21H16Cl2N4O6S2. The van der Waals surface area contributed by atoms with Gasteiger partial charge in [0.05, 0.1) is 28.5 Å². The Morgan fingerprint density at radius 2 is 1.69 bits per heavy atom. The highest BCUT2D eigenvalue weighted by Crippen LogP contribution is 2.31. The Kier molecular flexibility index (Phi) is 6.49. The quantitative estimate of drug-likeness (QED) is 0.366. The molecule has 2 aromatic carbocycles. The van der Waals surface area contributed by atoms with E-state index in [9.17, 15) is 26.7 Å². The number of halogens is 2. The Labute approximate surface area is 210 Å². The molecule has 0 spiro atoms. The first-order chi connectivity index (χ1) is 16.4. The molecule has 0 aliphatic rings. The van der Waals surface area contributed by atoms with Crippen molar-refractivity contribution in [2.75, 3.05) is 17.1 Å². The van der Waals surface area contributed by atoms with Crippen molar-refractivity contribution in [2.24, 2.45) is 0 Å². The lowest BCUT2D eigenvalue weighted by molar-refractivity contribution is -0.135. The number of sulfonamides is 1. The Bertz CT molecular complexity index is 1650. The maximum atomic E-state index is 13.3. The fraction of sp³-hybridized carbons (Fsp3) is 0.0952. The summed E-state index contributed by atoms with van der Waals surface area (Å²) in [6.45, 7) is -0.836. The van der Waals surface area contributed by atoms with Crippen molar-refractivity contribution in [2.45, 2.75) is 9.92 Å². The number of carboxylic acids is 1. The van der Waals surface area contributed by atoms with Gasteiger partial charge in [0.15, 0.2) is 20.7 Å². The average Bonchev–Trinajstić information content (AvgIpc) is 3.19. The monoisotopic (exact) mass is 554 g/mol. The van der Waals surface area contributed by atoms with E-state index in [0.717, 1.165) is 16.8 Å². The molecule has 0 saturated heterocycles. The fourth-order valence-corrected chi connectivity index (χ4v) is 5.97. The van der Waals surface area contributed by atoms with Crippen molar-refractivity contribution in [1.82, 2.24) is 14.5 Å².